The number of aryl methyl sites for hydroxylation is 2. The first-order valence-electron chi connectivity index (χ1n) is 9.41. The van der Waals surface area contributed by atoms with E-state index in [0.29, 0.717) is 18.8 Å². The number of carboxylic acid groups (broad SMARTS) is 1. The van der Waals surface area contributed by atoms with Crippen LogP contribution in [0.2, 0.25) is 0 Å². The molecule has 0 spiro atoms. The molecule has 1 aromatic carbocycles. The van der Waals surface area contributed by atoms with Crippen LogP contribution in [0.4, 0.5) is 4.79 Å². The summed E-state index contributed by atoms with van der Waals surface area (Å²) in [6.45, 7) is 11.7. The number of fused-ring (bicyclic) bond motifs is 1. The maximum Gasteiger partial charge on any atom is 0.410 e. The van der Waals surface area contributed by atoms with Crippen molar-refractivity contribution >= 4 is 12.1 Å². The lowest BCUT2D eigenvalue weighted by molar-refractivity contribution is 0.0155. The maximum absolute atomic E-state index is 12.5. The van der Waals surface area contributed by atoms with Crippen molar-refractivity contribution in [2.45, 2.75) is 59.6 Å². The molecular weight excluding hydrogens is 358 g/mol. The highest BCUT2D eigenvalue weighted by Gasteiger charge is 2.33. The molecule has 0 saturated heterocycles. The average molecular weight is 385 g/mol. The molecule has 150 valence electrons. The largest absolute Gasteiger partial charge is 0.478 e. The van der Waals surface area contributed by atoms with E-state index in [1.165, 1.54) is 0 Å². The number of H-pyrrole nitrogens is 1. The Bertz CT molecular complexity index is 940. The molecule has 0 fully saturated rings. The van der Waals surface area contributed by atoms with Crippen molar-refractivity contribution in [1.29, 1.82) is 0 Å². The first-order chi connectivity index (χ1) is 13.0. The van der Waals surface area contributed by atoms with E-state index in [-0.39, 0.29) is 17.7 Å². The van der Waals surface area contributed by atoms with Gasteiger partial charge in [-0.3, -0.25) is 4.90 Å². The summed E-state index contributed by atoms with van der Waals surface area (Å²) in [4.78, 5) is 33.8. The highest BCUT2D eigenvalue weighted by molar-refractivity contribution is 5.91. The molecule has 7 nitrogen and oxygen atoms in total. The Morgan fingerprint density at radius 3 is 2.54 bits per heavy atom. The molecule has 0 aliphatic carbocycles. The fourth-order valence-corrected chi connectivity index (χ4v) is 3.57. The highest BCUT2D eigenvalue weighted by atomic mass is 16.6. The van der Waals surface area contributed by atoms with Crippen molar-refractivity contribution in [3.8, 4) is 11.4 Å². The number of benzene rings is 1. The van der Waals surface area contributed by atoms with E-state index in [1.807, 2.05) is 40.7 Å². The minimum absolute atomic E-state index is 0.228. The number of carbonyl (C=O) groups is 2. The van der Waals surface area contributed by atoms with Crippen LogP contribution >= 0.6 is 0 Å². The van der Waals surface area contributed by atoms with Crippen molar-refractivity contribution in [1.82, 2.24) is 14.9 Å². The van der Waals surface area contributed by atoms with Crippen LogP contribution in [0.3, 0.4) is 0 Å². The van der Waals surface area contributed by atoms with Gasteiger partial charge in [-0.05, 0) is 58.7 Å². The van der Waals surface area contributed by atoms with E-state index in [1.54, 1.807) is 17.9 Å². The van der Waals surface area contributed by atoms with Crippen molar-refractivity contribution in [2.75, 3.05) is 6.54 Å². The number of hydrogen-bond acceptors (Lipinski definition) is 4. The lowest BCUT2D eigenvalue weighted by Gasteiger charge is -2.34. The molecule has 1 aromatic heterocycles. The quantitative estimate of drug-likeness (QED) is 0.806. The second-order valence-electron chi connectivity index (χ2n) is 8.34. The smallest absolute Gasteiger partial charge is 0.410 e. The third-order valence-corrected chi connectivity index (χ3v) is 4.96. The number of carboxylic acids is 1. The number of carbonyl (C=O) groups excluding carboxylic acids is 1. The summed E-state index contributed by atoms with van der Waals surface area (Å²) >= 11 is 0. The molecule has 28 heavy (non-hydrogen) atoms. The molecule has 3 rings (SSSR count). The Labute approximate surface area is 164 Å². The van der Waals surface area contributed by atoms with E-state index in [2.05, 4.69) is 4.98 Å². The molecule has 1 unspecified atom stereocenters. The zero-order chi connectivity index (χ0) is 20.8. The van der Waals surface area contributed by atoms with Gasteiger partial charge in [0.05, 0.1) is 17.3 Å². The number of rotatable bonds is 2. The summed E-state index contributed by atoms with van der Waals surface area (Å²) in [7, 11) is 0. The highest BCUT2D eigenvalue weighted by Crippen LogP contribution is 2.33. The summed E-state index contributed by atoms with van der Waals surface area (Å²) < 4.78 is 5.51. The van der Waals surface area contributed by atoms with Crippen LogP contribution in [0.25, 0.3) is 11.4 Å². The number of aromatic nitrogens is 2. The topological polar surface area (TPSA) is 95.5 Å². The van der Waals surface area contributed by atoms with Gasteiger partial charge < -0.3 is 14.8 Å². The van der Waals surface area contributed by atoms with E-state index in [0.717, 1.165) is 28.1 Å². The standard InChI is InChI=1S/C21H27N3O4/c1-11-9-12(2)15(19(25)26)10-14(11)18-22-16-7-8-24(13(3)17(16)23-18)20(27)28-21(4,5)6/h9-10,13H,7-8H2,1-6H3,(H,22,23)(H,25,26). The Morgan fingerprint density at radius 1 is 1.25 bits per heavy atom. The fourth-order valence-electron chi connectivity index (χ4n) is 3.57. The van der Waals surface area contributed by atoms with Crippen molar-refractivity contribution in [3.05, 3.63) is 40.2 Å². The third kappa shape index (κ3) is 3.74. The second-order valence-corrected chi connectivity index (χ2v) is 8.34. The van der Waals surface area contributed by atoms with E-state index in [4.69, 9.17) is 9.72 Å². The van der Waals surface area contributed by atoms with E-state index < -0.39 is 11.6 Å². The Morgan fingerprint density at radius 2 is 1.93 bits per heavy atom. The van der Waals surface area contributed by atoms with Gasteiger partial charge in [0.15, 0.2) is 0 Å². The molecule has 2 N–H and O–H groups in total. The molecule has 0 radical (unpaired) electrons. The van der Waals surface area contributed by atoms with Crippen LogP contribution in [0.15, 0.2) is 12.1 Å². The van der Waals surface area contributed by atoms with Crippen LogP contribution in [0.1, 0.15) is 66.6 Å². The SMILES string of the molecule is Cc1cc(C)c(-c2nc3c([nH]2)CCN(C(=O)OC(C)(C)C)C3C)cc1C(=O)O. The molecular formula is C21H27N3O4. The number of ether oxygens (including phenoxy) is 1. The fraction of sp³-hybridized carbons (Fsp3) is 0.476. The summed E-state index contributed by atoms with van der Waals surface area (Å²) in [6, 6.07) is 3.29. The van der Waals surface area contributed by atoms with Crippen LogP contribution in [-0.2, 0) is 11.2 Å². The zero-order valence-corrected chi connectivity index (χ0v) is 17.2. The molecule has 1 aliphatic rings. The number of aromatic carboxylic acids is 1. The molecule has 2 aromatic rings. The summed E-state index contributed by atoms with van der Waals surface area (Å²) in [6.07, 6.45) is 0.290. The van der Waals surface area contributed by atoms with Gasteiger partial charge in [0.25, 0.3) is 0 Å². The summed E-state index contributed by atoms with van der Waals surface area (Å²) in [5.74, 6) is -0.331. The van der Waals surface area contributed by atoms with Crippen molar-refractivity contribution in [2.24, 2.45) is 0 Å². The number of amides is 1. The summed E-state index contributed by atoms with van der Waals surface area (Å²) in [5, 5.41) is 9.43. The number of aromatic amines is 1. The second kappa shape index (κ2) is 6.96. The van der Waals surface area contributed by atoms with Gasteiger partial charge in [0.2, 0.25) is 0 Å². The van der Waals surface area contributed by atoms with Gasteiger partial charge in [-0.2, -0.15) is 0 Å². The lowest BCUT2D eigenvalue weighted by Crippen LogP contribution is -2.42. The minimum atomic E-state index is -0.959. The van der Waals surface area contributed by atoms with Gasteiger partial charge in [-0.1, -0.05) is 6.07 Å². The van der Waals surface area contributed by atoms with Gasteiger partial charge >= 0.3 is 12.1 Å². The Hall–Kier alpha value is -2.83. The van der Waals surface area contributed by atoms with Gasteiger partial charge in [-0.25, -0.2) is 14.6 Å². The third-order valence-electron chi connectivity index (χ3n) is 4.96. The van der Waals surface area contributed by atoms with Crippen molar-refractivity contribution in [3.63, 3.8) is 0 Å². The van der Waals surface area contributed by atoms with Crippen LogP contribution in [0, 0.1) is 13.8 Å². The van der Waals surface area contributed by atoms with Gasteiger partial charge in [-0.15, -0.1) is 0 Å². The molecule has 0 bridgehead atoms. The summed E-state index contributed by atoms with van der Waals surface area (Å²) in [5.41, 5.74) is 3.90. The molecule has 2 heterocycles. The molecule has 0 saturated carbocycles. The number of nitrogens with one attached hydrogen (secondary N) is 1. The maximum atomic E-state index is 12.5. The number of hydrogen-bond donors (Lipinski definition) is 2. The first kappa shape index (κ1) is 19.9. The Kier molecular flexibility index (Phi) is 4.95. The minimum Gasteiger partial charge on any atom is -0.478 e. The van der Waals surface area contributed by atoms with Crippen LogP contribution in [0.5, 0.6) is 0 Å². The van der Waals surface area contributed by atoms with E-state index in [9.17, 15) is 14.7 Å². The number of nitrogens with zero attached hydrogens (tertiary/aromatic N) is 2. The predicted molar refractivity (Wildman–Crippen MR) is 106 cm³/mol. The average Bonchev–Trinajstić information content (AvgIpc) is 2.97. The lowest BCUT2D eigenvalue weighted by atomic mass is 9.99. The molecule has 1 amide bonds. The van der Waals surface area contributed by atoms with Crippen LogP contribution in [-0.4, -0.2) is 44.2 Å². The number of imidazole rings is 1. The van der Waals surface area contributed by atoms with Gasteiger partial charge in [0, 0.05) is 24.2 Å². The predicted octanol–water partition coefficient (Wildman–Crippen LogP) is 4.25. The molecule has 1 aliphatic heterocycles. The normalized spacial score (nSPS) is 16.6. The zero-order valence-electron chi connectivity index (χ0n) is 17.2. The van der Waals surface area contributed by atoms with Crippen molar-refractivity contribution < 1.29 is 19.4 Å². The van der Waals surface area contributed by atoms with E-state index >= 15 is 0 Å². The first-order valence-corrected chi connectivity index (χ1v) is 9.41. The Balaban J connectivity index is 1.95. The monoisotopic (exact) mass is 385 g/mol. The van der Waals surface area contributed by atoms with Gasteiger partial charge in [0.1, 0.15) is 11.4 Å². The molecule has 1 atom stereocenters. The molecule has 7 heteroatoms. The van der Waals surface area contributed by atoms with Crippen LogP contribution < -0.4 is 0 Å².